The minimum Gasteiger partial charge on any atom is -0.463 e. The zero-order valence-corrected chi connectivity index (χ0v) is 22.8. The maximum Gasteiger partial charge on any atom is 0.352 e. The topological polar surface area (TPSA) is 115 Å². The van der Waals surface area contributed by atoms with E-state index in [-0.39, 0.29) is 49.6 Å². The molecule has 3 aromatic carbocycles. The highest BCUT2D eigenvalue weighted by molar-refractivity contribution is 5.68. The summed E-state index contributed by atoms with van der Waals surface area (Å²) in [6, 6.07) is 22.9. The summed E-state index contributed by atoms with van der Waals surface area (Å²) in [5, 5.41) is 10.5. The molecule has 0 N–H and O–H groups in total. The Morgan fingerprint density at radius 2 is 1.35 bits per heavy atom. The van der Waals surface area contributed by atoms with Gasteiger partial charge < -0.3 is 28.4 Å². The van der Waals surface area contributed by atoms with Gasteiger partial charge in [0.2, 0.25) is 0 Å². The summed E-state index contributed by atoms with van der Waals surface area (Å²) in [5.41, 5.74) is 2.28. The maximum absolute atomic E-state index is 11.7. The number of carbonyl (C=O) groups is 1. The highest BCUT2D eigenvalue weighted by Gasteiger charge is 2.31. The summed E-state index contributed by atoms with van der Waals surface area (Å²) >= 11 is 0. The maximum atomic E-state index is 11.7. The molecule has 0 saturated carbocycles. The monoisotopic (exact) mass is 551 g/mol. The first-order valence-electron chi connectivity index (χ1n) is 12.6. The van der Waals surface area contributed by atoms with Crippen molar-refractivity contribution in [3.63, 3.8) is 0 Å². The lowest BCUT2D eigenvalue weighted by atomic mass is 9.82. The fourth-order valence-electron chi connectivity index (χ4n) is 3.88. The van der Waals surface area contributed by atoms with Crippen LogP contribution in [0.5, 0.6) is 17.2 Å². The number of benzene rings is 3. The first-order chi connectivity index (χ1) is 19.6. The van der Waals surface area contributed by atoms with Crippen molar-refractivity contribution >= 4 is 5.97 Å². The van der Waals surface area contributed by atoms with Gasteiger partial charge in [0.25, 0.3) is 0 Å². The number of rotatable bonds is 17. The molecule has 10 nitrogen and oxygen atoms in total. The average Bonchev–Trinajstić information content (AvgIpc) is 2.98. The number of hydrogen-bond acceptors (Lipinski definition) is 10. The average molecular weight is 552 g/mol. The lowest BCUT2D eigenvalue weighted by Crippen LogP contribution is -2.15. The number of methoxy groups -OCH3 is 2. The van der Waals surface area contributed by atoms with Gasteiger partial charge in [0.15, 0.2) is 30.8 Å². The predicted molar refractivity (Wildman–Crippen MR) is 144 cm³/mol. The predicted octanol–water partition coefficient (Wildman–Crippen LogP) is 4.59. The molecule has 0 bridgehead atoms. The van der Waals surface area contributed by atoms with Crippen LogP contribution in [-0.4, -0.2) is 60.2 Å². The van der Waals surface area contributed by atoms with Crippen LogP contribution in [0.4, 0.5) is 0 Å². The highest BCUT2D eigenvalue weighted by Crippen LogP contribution is 2.47. The smallest absolute Gasteiger partial charge is 0.352 e. The lowest BCUT2D eigenvalue weighted by molar-refractivity contribution is -0.211. The Bertz CT molecular complexity index is 1190. The van der Waals surface area contributed by atoms with Gasteiger partial charge >= 0.3 is 5.97 Å². The molecule has 10 heteroatoms. The van der Waals surface area contributed by atoms with Crippen LogP contribution in [0.2, 0.25) is 0 Å². The van der Waals surface area contributed by atoms with Crippen LogP contribution in [0, 0.1) is 11.3 Å². The lowest BCUT2D eigenvalue weighted by Gasteiger charge is -2.25. The first kappa shape index (κ1) is 30.4. The molecule has 0 spiro atoms. The van der Waals surface area contributed by atoms with Gasteiger partial charge in [-0.05, 0) is 11.1 Å². The quantitative estimate of drug-likeness (QED) is 0.0775. The molecule has 3 rings (SSSR count). The van der Waals surface area contributed by atoms with E-state index < -0.39 is 11.9 Å². The molecular formula is C30H33NO9. The van der Waals surface area contributed by atoms with E-state index in [1.165, 1.54) is 13.0 Å². The SMILES string of the molecule is COCCOCOc1cc(OOC(C)=O)c(C(c2ccccc2)c2ccccc2)c(C#N)c1OCOCCOC. The van der Waals surface area contributed by atoms with Crippen molar-refractivity contribution in [1.82, 2.24) is 0 Å². The third kappa shape index (κ3) is 8.69. The summed E-state index contributed by atoms with van der Waals surface area (Å²) in [6.07, 6.45) is 0. The third-order valence-electron chi connectivity index (χ3n) is 5.61. The van der Waals surface area contributed by atoms with E-state index in [0.717, 1.165) is 11.1 Å². The largest absolute Gasteiger partial charge is 0.463 e. The van der Waals surface area contributed by atoms with E-state index in [2.05, 4.69) is 6.07 Å². The van der Waals surface area contributed by atoms with Crippen LogP contribution >= 0.6 is 0 Å². The Morgan fingerprint density at radius 1 is 0.800 bits per heavy atom. The molecule has 0 heterocycles. The standard InChI is InChI=1S/C30H33NO9/c1-22(32)39-40-26-18-27(37-20-35-16-14-33-2)30(38-21-36-17-15-34-3)25(19-31)29(26)28(23-10-6-4-7-11-23)24-12-8-5-9-13-24/h4-13,18,28H,14-17,20-21H2,1-3H3. The minimum atomic E-state index is -0.669. The van der Waals surface area contributed by atoms with Crippen molar-refractivity contribution in [2.75, 3.05) is 54.2 Å². The normalized spacial score (nSPS) is 10.7. The molecule has 0 unspecified atom stereocenters. The Morgan fingerprint density at radius 3 is 1.85 bits per heavy atom. The van der Waals surface area contributed by atoms with Crippen LogP contribution in [0.15, 0.2) is 66.7 Å². The fraction of sp³-hybridized carbons (Fsp3) is 0.333. The molecule has 0 atom stereocenters. The van der Waals surface area contributed by atoms with Crippen LogP contribution in [0.3, 0.4) is 0 Å². The first-order valence-corrected chi connectivity index (χ1v) is 12.6. The van der Waals surface area contributed by atoms with Crippen molar-refractivity contribution in [3.05, 3.63) is 89.0 Å². The van der Waals surface area contributed by atoms with Gasteiger partial charge in [0, 0.05) is 38.7 Å². The molecule has 0 radical (unpaired) electrons. The molecule has 40 heavy (non-hydrogen) atoms. The zero-order valence-electron chi connectivity index (χ0n) is 22.8. The van der Waals surface area contributed by atoms with Gasteiger partial charge in [-0.2, -0.15) is 5.26 Å². The second-order valence-electron chi connectivity index (χ2n) is 8.34. The van der Waals surface area contributed by atoms with Gasteiger partial charge in [-0.25, -0.2) is 4.79 Å². The molecular weight excluding hydrogens is 518 g/mol. The summed E-state index contributed by atoms with van der Waals surface area (Å²) in [4.78, 5) is 22.2. The van der Waals surface area contributed by atoms with E-state index in [9.17, 15) is 10.1 Å². The van der Waals surface area contributed by atoms with Gasteiger partial charge in [0.1, 0.15) is 11.6 Å². The number of carbonyl (C=O) groups excluding carboxylic acids is 1. The Kier molecular flexibility index (Phi) is 12.7. The van der Waals surface area contributed by atoms with E-state index in [1.807, 2.05) is 60.7 Å². The Balaban J connectivity index is 2.18. The van der Waals surface area contributed by atoms with Gasteiger partial charge in [-0.15, -0.1) is 0 Å². The van der Waals surface area contributed by atoms with Crippen molar-refractivity contribution in [2.45, 2.75) is 12.8 Å². The molecule has 0 aromatic heterocycles. The summed E-state index contributed by atoms with van der Waals surface area (Å²) in [5.74, 6) is -0.805. The number of hydrogen-bond donors (Lipinski definition) is 0. The van der Waals surface area contributed by atoms with Gasteiger partial charge in [-0.1, -0.05) is 60.7 Å². The molecule has 0 amide bonds. The molecule has 0 aliphatic rings. The molecule has 0 fully saturated rings. The van der Waals surface area contributed by atoms with Crippen molar-refractivity contribution < 1.29 is 43.0 Å². The Labute approximate surface area is 233 Å². The van der Waals surface area contributed by atoms with Crippen molar-refractivity contribution in [2.24, 2.45) is 0 Å². The second-order valence-corrected chi connectivity index (χ2v) is 8.34. The molecule has 0 aliphatic heterocycles. The Hall–Kier alpha value is -4.14. The van der Waals surface area contributed by atoms with Crippen LogP contribution in [-0.2, 0) is 28.6 Å². The number of nitriles is 1. The van der Waals surface area contributed by atoms with Gasteiger partial charge in [0.05, 0.1) is 26.4 Å². The molecule has 3 aromatic rings. The summed E-state index contributed by atoms with van der Waals surface area (Å²) < 4.78 is 32.8. The van der Waals surface area contributed by atoms with Crippen LogP contribution in [0.25, 0.3) is 0 Å². The summed E-state index contributed by atoms with van der Waals surface area (Å²) in [7, 11) is 3.13. The zero-order chi connectivity index (χ0) is 28.6. The third-order valence-corrected chi connectivity index (χ3v) is 5.61. The van der Waals surface area contributed by atoms with Crippen molar-refractivity contribution in [1.29, 1.82) is 5.26 Å². The summed E-state index contributed by atoms with van der Waals surface area (Å²) in [6.45, 7) is 2.19. The molecule has 0 aliphatic carbocycles. The van der Waals surface area contributed by atoms with Gasteiger partial charge in [-0.3, -0.25) is 9.78 Å². The molecule has 212 valence electrons. The minimum absolute atomic E-state index is 0.101. The van der Waals surface area contributed by atoms with Crippen LogP contribution < -0.4 is 14.4 Å². The van der Waals surface area contributed by atoms with E-state index in [0.29, 0.717) is 18.8 Å². The number of nitrogens with zero attached hydrogens (tertiary/aromatic N) is 1. The second kappa shape index (κ2) is 16.7. The van der Waals surface area contributed by atoms with E-state index in [1.54, 1.807) is 14.2 Å². The van der Waals surface area contributed by atoms with Crippen LogP contribution in [0.1, 0.15) is 35.1 Å². The van der Waals surface area contributed by atoms with Crippen molar-refractivity contribution in [3.8, 4) is 23.3 Å². The fourth-order valence-corrected chi connectivity index (χ4v) is 3.88. The molecule has 0 saturated heterocycles. The highest BCUT2D eigenvalue weighted by atomic mass is 17.2. The van der Waals surface area contributed by atoms with E-state index >= 15 is 0 Å². The number of ether oxygens (including phenoxy) is 6. The van der Waals surface area contributed by atoms with E-state index in [4.69, 9.17) is 38.2 Å².